The smallest absolute Gasteiger partial charge is 0.205 e. The molecule has 0 aliphatic rings. The van der Waals surface area contributed by atoms with Gasteiger partial charge in [-0.15, -0.1) is 0 Å². The summed E-state index contributed by atoms with van der Waals surface area (Å²) in [5, 5.41) is 18.9. The molecule has 0 bridgehead atoms. The minimum Gasteiger partial charge on any atom is -0.496 e. The number of nitrogens with zero attached hydrogens (tertiary/aromatic N) is 2. The third-order valence-electron chi connectivity index (χ3n) is 3.78. The fraction of sp³-hybridized carbons (Fsp3) is 0.0526. The average molecular weight is 354 g/mol. The SMILES string of the molecule is COc1ccc(Oc2c(F)c(F)c(C#N)c(C#N)c2F)c2ccccc12. The van der Waals surface area contributed by atoms with Crippen molar-refractivity contribution in [3.8, 4) is 29.4 Å². The topological polar surface area (TPSA) is 66.0 Å². The van der Waals surface area contributed by atoms with Crippen molar-refractivity contribution >= 4 is 10.8 Å². The zero-order chi connectivity index (χ0) is 18.8. The van der Waals surface area contributed by atoms with Crippen molar-refractivity contribution in [1.29, 1.82) is 10.5 Å². The molecule has 7 heteroatoms. The molecule has 3 rings (SSSR count). The average Bonchev–Trinajstić information content (AvgIpc) is 2.67. The van der Waals surface area contributed by atoms with Gasteiger partial charge in [0.15, 0.2) is 11.6 Å². The third kappa shape index (κ3) is 2.56. The van der Waals surface area contributed by atoms with Gasteiger partial charge in [0, 0.05) is 10.8 Å². The van der Waals surface area contributed by atoms with Gasteiger partial charge in [-0.1, -0.05) is 24.3 Å². The largest absolute Gasteiger partial charge is 0.496 e. The maximum Gasteiger partial charge on any atom is 0.205 e. The highest BCUT2D eigenvalue weighted by atomic mass is 19.2. The van der Waals surface area contributed by atoms with Crippen LogP contribution in [0.15, 0.2) is 36.4 Å². The van der Waals surface area contributed by atoms with Crippen LogP contribution in [0.25, 0.3) is 10.8 Å². The lowest BCUT2D eigenvalue weighted by molar-refractivity contribution is 0.386. The Bertz CT molecular complexity index is 1110. The molecule has 0 spiro atoms. The molecule has 0 atom stereocenters. The summed E-state index contributed by atoms with van der Waals surface area (Å²) in [5.41, 5.74) is -1.92. The van der Waals surface area contributed by atoms with Crippen LogP contribution in [0, 0.1) is 40.1 Å². The molecular formula is C19H9F3N2O2. The number of nitriles is 2. The standard InChI is InChI=1S/C19H9F3N2O2/c1-25-14-6-7-15(11-5-3-2-4-10(11)14)26-19-17(21)13(9-24)12(8-23)16(20)18(19)22/h2-7H,1H3. The van der Waals surface area contributed by atoms with Crippen LogP contribution in [0.1, 0.15) is 11.1 Å². The first-order chi connectivity index (χ1) is 12.5. The van der Waals surface area contributed by atoms with Crippen LogP contribution in [0.5, 0.6) is 17.2 Å². The Morgan fingerprint density at radius 1 is 0.769 bits per heavy atom. The van der Waals surface area contributed by atoms with Crippen LogP contribution in [-0.2, 0) is 0 Å². The molecule has 0 N–H and O–H groups in total. The number of ether oxygens (including phenoxy) is 2. The first kappa shape index (κ1) is 17.1. The van der Waals surface area contributed by atoms with E-state index in [4.69, 9.17) is 20.0 Å². The van der Waals surface area contributed by atoms with Crippen molar-refractivity contribution in [1.82, 2.24) is 0 Å². The molecule has 0 aliphatic carbocycles. The normalized spacial score (nSPS) is 10.2. The van der Waals surface area contributed by atoms with Gasteiger partial charge in [-0.25, -0.2) is 8.78 Å². The molecule has 4 nitrogen and oxygen atoms in total. The van der Waals surface area contributed by atoms with Crippen molar-refractivity contribution in [3.63, 3.8) is 0 Å². The molecule has 0 saturated heterocycles. The number of hydrogen-bond acceptors (Lipinski definition) is 4. The monoisotopic (exact) mass is 354 g/mol. The van der Waals surface area contributed by atoms with E-state index < -0.39 is 34.3 Å². The van der Waals surface area contributed by atoms with Crippen molar-refractivity contribution in [3.05, 3.63) is 65.0 Å². The molecule has 0 saturated carbocycles. The molecule has 0 unspecified atom stereocenters. The van der Waals surface area contributed by atoms with Gasteiger partial charge in [0.25, 0.3) is 0 Å². The Hall–Kier alpha value is -3.71. The molecular weight excluding hydrogens is 345 g/mol. The lowest BCUT2D eigenvalue weighted by Crippen LogP contribution is -2.04. The second-order valence-corrected chi connectivity index (χ2v) is 5.16. The molecule has 3 aromatic rings. The summed E-state index contributed by atoms with van der Waals surface area (Å²) >= 11 is 0. The fourth-order valence-electron chi connectivity index (χ4n) is 2.56. The van der Waals surface area contributed by atoms with Crippen LogP contribution in [0.3, 0.4) is 0 Å². The Labute approximate surface area is 146 Å². The zero-order valence-electron chi connectivity index (χ0n) is 13.3. The highest BCUT2D eigenvalue weighted by molar-refractivity contribution is 5.93. The Morgan fingerprint density at radius 2 is 1.31 bits per heavy atom. The number of halogens is 3. The van der Waals surface area contributed by atoms with E-state index in [1.807, 2.05) is 0 Å². The van der Waals surface area contributed by atoms with E-state index in [0.717, 1.165) is 0 Å². The highest BCUT2D eigenvalue weighted by Gasteiger charge is 2.27. The second kappa shape index (κ2) is 6.66. The van der Waals surface area contributed by atoms with Crippen LogP contribution in [0.2, 0.25) is 0 Å². The molecule has 0 fully saturated rings. The van der Waals surface area contributed by atoms with Gasteiger partial charge in [-0.2, -0.15) is 14.9 Å². The summed E-state index contributed by atoms with van der Waals surface area (Å²) in [5.74, 6) is -5.31. The molecule has 0 aliphatic heterocycles. The first-order valence-corrected chi connectivity index (χ1v) is 7.27. The van der Waals surface area contributed by atoms with E-state index in [9.17, 15) is 13.2 Å². The van der Waals surface area contributed by atoms with Crippen LogP contribution in [-0.4, -0.2) is 7.11 Å². The second-order valence-electron chi connectivity index (χ2n) is 5.16. The summed E-state index contributed by atoms with van der Waals surface area (Å²) in [6.45, 7) is 0. The summed E-state index contributed by atoms with van der Waals surface area (Å²) in [6.07, 6.45) is 0. The predicted octanol–water partition coefficient (Wildman–Crippen LogP) is 4.80. The molecule has 3 aromatic carbocycles. The molecule has 0 amide bonds. The van der Waals surface area contributed by atoms with E-state index >= 15 is 0 Å². The molecule has 26 heavy (non-hydrogen) atoms. The van der Waals surface area contributed by atoms with E-state index in [-0.39, 0.29) is 5.75 Å². The van der Waals surface area contributed by atoms with Gasteiger partial charge in [0.2, 0.25) is 11.6 Å². The fourth-order valence-corrected chi connectivity index (χ4v) is 2.56. The molecule has 0 radical (unpaired) electrons. The summed E-state index contributed by atoms with van der Waals surface area (Å²) < 4.78 is 53.2. The van der Waals surface area contributed by atoms with Crippen molar-refractivity contribution < 1.29 is 22.6 Å². The minimum absolute atomic E-state index is 0.0344. The molecule has 128 valence electrons. The van der Waals surface area contributed by atoms with Crippen molar-refractivity contribution in [2.45, 2.75) is 0 Å². The van der Waals surface area contributed by atoms with E-state index in [2.05, 4.69) is 0 Å². The van der Waals surface area contributed by atoms with Gasteiger partial charge in [0.05, 0.1) is 7.11 Å². The maximum absolute atomic E-state index is 14.5. The zero-order valence-corrected chi connectivity index (χ0v) is 13.3. The first-order valence-electron chi connectivity index (χ1n) is 7.27. The number of benzene rings is 3. The Kier molecular flexibility index (Phi) is 4.38. The Balaban J connectivity index is 2.23. The summed E-state index contributed by atoms with van der Waals surface area (Å²) in [6, 6.07) is 12.3. The lowest BCUT2D eigenvalue weighted by Gasteiger charge is -2.14. The highest BCUT2D eigenvalue weighted by Crippen LogP contribution is 2.38. The van der Waals surface area contributed by atoms with Gasteiger partial charge in [-0.3, -0.25) is 0 Å². The molecule has 0 heterocycles. The number of hydrogen-bond donors (Lipinski definition) is 0. The van der Waals surface area contributed by atoms with Gasteiger partial charge < -0.3 is 9.47 Å². The van der Waals surface area contributed by atoms with Crippen molar-refractivity contribution in [2.75, 3.05) is 7.11 Å². The number of methoxy groups -OCH3 is 1. The third-order valence-corrected chi connectivity index (χ3v) is 3.78. The van der Waals surface area contributed by atoms with E-state index in [1.165, 1.54) is 31.4 Å². The van der Waals surface area contributed by atoms with Gasteiger partial charge >= 0.3 is 0 Å². The Morgan fingerprint density at radius 3 is 1.88 bits per heavy atom. The minimum atomic E-state index is -1.68. The van der Waals surface area contributed by atoms with E-state index in [1.54, 1.807) is 24.3 Å². The summed E-state index contributed by atoms with van der Waals surface area (Å²) in [4.78, 5) is 0. The number of fused-ring (bicyclic) bond motifs is 1. The van der Waals surface area contributed by atoms with Crippen molar-refractivity contribution in [2.24, 2.45) is 0 Å². The lowest BCUT2D eigenvalue weighted by atomic mass is 10.1. The van der Waals surface area contributed by atoms with Crippen LogP contribution >= 0.6 is 0 Å². The predicted molar refractivity (Wildman–Crippen MR) is 86.3 cm³/mol. The molecule has 0 aromatic heterocycles. The maximum atomic E-state index is 14.5. The quantitative estimate of drug-likeness (QED) is 0.634. The van der Waals surface area contributed by atoms with E-state index in [0.29, 0.717) is 16.5 Å². The number of rotatable bonds is 3. The summed E-state index contributed by atoms with van der Waals surface area (Å²) in [7, 11) is 1.47. The van der Waals surface area contributed by atoms with Crippen LogP contribution in [0.4, 0.5) is 13.2 Å². The van der Waals surface area contributed by atoms with Gasteiger partial charge in [-0.05, 0) is 12.1 Å². The van der Waals surface area contributed by atoms with Gasteiger partial charge in [0.1, 0.15) is 34.8 Å². The van der Waals surface area contributed by atoms with Crippen LogP contribution < -0.4 is 9.47 Å².